The third-order valence-electron chi connectivity index (χ3n) is 3.96. The van der Waals surface area contributed by atoms with E-state index in [4.69, 9.17) is 11.6 Å². The third-order valence-corrected chi connectivity index (χ3v) is 4.27. The van der Waals surface area contributed by atoms with Crippen molar-refractivity contribution in [2.45, 2.75) is 37.7 Å². The highest BCUT2D eigenvalue weighted by Gasteiger charge is 2.31. The Bertz CT molecular complexity index is 518. The Hall–Kier alpha value is -1.33. The molecule has 0 unspecified atom stereocenters. The highest BCUT2D eigenvalue weighted by Crippen LogP contribution is 2.32. The van der Waals surface area contributed by atoms with Crippen LogP contribution in [0.3, 0.4) is 0 Å². The lowest BCUT2D eigenvalue weighted by Crippen LogP contribution is -2.36. The molecule has 2 amide bonds. The number of carbonyl (C=O) groups is 1. The fourth-order valence-electron chi connectivity index (χ4n) is 2.55. The molecule has 0 saturated heterocycles. The van der Waals surface area contributed by atoms with Crippen LogP contribution in [0.4, 0.5) is 14.9 Å². The zero-order chi connectivity index (χ0) is 15.5. The monoisotopic (exact) mass is 314 g/mol. The molecule has 4 nitrogen and oxygen atoms in total. The van der Waals surface area contributed by atoms with E-state index in [1.54, 1.807) is 13.1 Å². The smallest absolute Gasteiger partial charge is 0.321 e. The Kier molecular flexibility index (Phi) is 5.06. The summed E-state index contributed by atoms with van der Waals surface area (Å²) in [7, 11) is 1.65. The number of hydrogen-bond donors (Lipinski definition) is 2. The maximum absolute atomic E-state index is 13.3. The highest BCUT2D eigenvalue weighted by atomic mass is 35.5. The summed E-state index contributed by atoms with van der Waals surface area (Å²) in [6, 6.07) is 3.78. The van der Waals surface area contributed by atoms with E-state index < -0.39 is 11.4 Å². The number of carbonyl (C=O) groups excluding carboxylic acids is 1. The number of urea groups is 1. The van der Waals surface area contributed by atoms with Gasteiger partial charge in [0.1, 0.15) is 5.82 Å². The van der Waals surface area contributed by atoms with Crippen molar-refractivity contribution in [3.63, 3.8) is 0 Å². The Balaban J connectivity index is 1.85. The molecule has 21 heavy (non-hydrogen) atoms. The third kappa shape index (κ3) is 4.32. The standard InChI is InChI=1S/C15H20ClFN2O2/c1-19(9-8-15(21)6-2-3-7-15)14(20)18-11-4-5-12(16)13(17)10-11/h4-5,10,21H,2-3,6-9H2,1H3,(H,18,20). The molecule has 1 saturated carbocycles. The number of anilines is 1. The summed E-state index contributed by atoms with van der Waals surface area (Å²) >= 11 is 5.59. The van der Waals surface area contributed by atoms with Crippen molar-refractivity contribution in [3.05, 3.63) is 29.0 Å². The molecule has 0 heterocycles. The van der Waals surface area contributed by atoms with Crippen LogP contribution in [0.2, 0.25) is 5.02 Å². The van der Waals surface area contributed by atoms with E-state index in [2.05, 4.69) is 5.32 Å². The topological polar surface area (TPSA) is 52.6 Å². The van der Waals surface area contributed by atoms with Gasteiger partial charge in [-0.3, -0.25) is 0 Å². The average Bonchev–Trinajstić information content (AvgIpc) is 2.87. The number of rotatable bonds is 4. The Morgan fingerprint density at radius 3 is 2.76 bits per heavy atom. The summed E-state index contributed by atoms with van der Waals surface area (Å²) in [6.45, 7) is 0.457. The summed E-state index contributed by atoms with van der Waals surface area (Å²) in [4.78, 5) is 13.5. The molecular formula is C15H20ClFN2O2. The maximum atomic E-state index is 13.3. The van der Waals surface area contributed by atoms with Crippen molar-refractivity contribution in [1.82, 2.24) is 4.90 Å². The molecule has 1 aromatic rings. The average molecular weight is 315 g/mol. The normalized spacial score (nSPS) is 16.8. The first-order chi connectivity index (χ1) is 9.89. The molecule has 1 fully saturated rings. The highest BCUT2D eigenvalue weighted by molar-refractivity contribution is 6.30. The number of amides is 2. The summed E-state index contributed by atoms with van der Waals surface area (Å²) in [5, 5.41) is 12.9. The second kappa shape index (κ2) is 6.62. The van der Waals surface area contributed by atoms with Crippen LogP contribution in [0, 0.1) is 5.82 Å². The van der Waals surface area contributed by atoms with E-state index in [1.807, 2.05) is 0 Å². The van der Waals surface area contributed by atoms with E-state index in [9.17, 15) is 14.3 Å². The number of hydrogen-bond acceptors (Lipinski definition) is 2. The summed E-state index contributed by atoms with van der Waals surface area (Å²) in [5.74, 6) is -0.572. The molecule has 0 bridgehead atoms. The fraction of sp³-hybridized carbons (Fsp3) is 0.533. The zero-order valence-electron chi connectivity index (χ0n) is 12.0. The fourth-order valence-corrected chi connectivity index (χ4v) is 2.67. The Morgan fingerprint density at radius 1 is 1.48 bits per heavy atom. The SMILES string of the molecule is CN(CCC1(O)CCCC1)C(=O)Nc1ccc(Cl)c(F)c1. The van der Waals surface area contributed by atoms with Crippen LogP contribution < -0.4 is 5.32 Å². The van der Waals surface area contributed by atoms with Crippen molar-refractivity contribution in [1.29, 1.82) is 0 Å². The van der Waals surface area contributed by atoms with Gasteiger partial charge in [0, 0.05) is 19.3 Å². The largest absolute Gasteiger partial charge is 0.390 e. The van der Waals surface area contributed by atoms with Crippen LogP contribution in [-0.2, 0) is 0 Å². The van der Waals surface area contributed by atoms with Gasteiger partial charge in [0.25, 0.3) is 0 Å². The minimum Gasteiger partial charge on any atom is -0.390 e. The number of nitrogens with one attached hydrogen (secondary N) is 1. The van der Waals surface area contributed by atoms with Crippen LogP contribution in [0.15, 0.2) is 18.2 Å². The van der Waals surface area contributed by atoms with Gasteiger partial charge in [-0.1, -0.05) is 24.4 Å². The van der Waals surface area contributed by atoms with Crippen molar-refractivity contribution in [2.24, 2.45) is 0 Å². The van der Waals surface area contributed by atoms with E-state index in [0.29, 0.717) is 18.7 Å². The Labute approximate surface area is 128 Å². The molecular weight excluding hydrogens is 295 g/mol. The predicted octanol–water partition coefficient (Wildman–Crippen LogP) is 3.64. The number of halogens is 2. The van der Waals surface area contributed by atoms with Gasteiger partial charge in [-0.05, 0) is 37.5 Å². The van der Waals surface area contributed by atoms with Gasteiger partial charge in [-0.25, -0.2) is 9.18 Å². The molecule has 0 atom stereocenters. The maximum Gasteiger partial charge on any atom is 0.321 e. The van der Waals surface area contributed by atoms with E-state index >= 15 is 0 Å². The number of benzene rings is 1. The predicted molar refractivity (Wildman–Crippen MR) is 81.1 cm³/mol. The van der Waals surface area contributed by atoms with Crippen LogP contribution in [0.5, 0.6) is 0 Å². The van der Waals surface area contributed by atoms with Gasteiger partial charge >= 0.3 is 6.03 Å². The minimum absolute atomic E-state index is 0.0183. The van der Waals surface area contributed by atoms with Crippen LogP contribution >= 0.6 is 11.6 Å². The molecule has 116 valence electrons. The first-order valence-corrected chi connectivity index (χ1v) is 7.47. The lowest BCUT2D eigenvalue weighted by molar-refractivity contribution is 0.0335. The molecule has 1 aromatic carbocycles. The molecule has 2 rings (SSSR count). The van der Waals surface area contributed by atoms with Gasteiger partial charge in [0.15, 0.2) is 0 Å². The first-order valence-electron chi connectivity index (χ1n) is 7.09. The molecule has 2 N–H and O–H groups in total. The zero-order valence-corrected chi connectivity index (χ0v) is 12.8. The number of nitrogens with zero attached hydrogens (tertiary/aromatic N) is 1. The van der Waals surface area contributed by atoms with E-state index in [-0.39, 0.29) is 11.1 Å². The lowest BCUT2D eigenvalue weighted by atomic mass is 9.98. The summed E-state index contributed by atoms with van der Waals surface area (Å²) < 4.78 is 13.3. The quantitative estimate of drug-likeness (QED) is 0.891. The lowest BCUT2D eigenvalue weighted by Gasteiger charge is -2.26. The molecule has 1 aliphatic rings. The Morgan fingerprint density at radius 2 is 2.14 bits per heavy atom. The van der Waals surface area contributed by atoms with Gasteiger partial charge in [0.2, 0.25) is 0 Å². The van der Waals surface area contributed by atoms with Gasteiger partial charge in [-0.2, -0.15) is 0 Å². The molecule has 6 heteroatoms. The van der Waals surface area contributed by atoms with Crippen molar-refractivity contribution >= 4 is 23.3 Å². The molecule has 0 spiro atoms. The summed E-state index contributed by atoms with van der Waals surface area (Å²) in [6.07, 6.45) is 4.23. The molecule has 0 radical (unpaired) electrons. The van der Waals surface area contributed by atoms with Crippen LogP contribution in [0.1, 0.15) is 32.1 Å². The van der Waals surface area contributed by atoms with Crippen molar-refractivity contribution in [3.8, 4) is 0 Å². The first kappa shape index (κ1) is 16.0. The molecule has 0 aromatic heterocycles. The van der Waals surface area contributed by atoms with Crippen LogP contribution in [0.25, 0.3) is 0 Å². The van der Waals surface area contributed by atoms with Gasteiger partial charge in [-0.15, -0.1) is 0 Å². The van der Waals surface area contributed by atoms with Gasteiger partial charge < -0.3 is 15.3 Å². The van der Waals surface area contributed by atoms with Crippen molar-refractivity contribution in [2.75, 3.05) is 18.9 Å². The molecule has 1 aliphatic carbocycles. The molecule has 0 aliphatic heterocycles. The van der Waals surface area contributed by atoms with Crippen LogP contribution in [-0.4, -0.2) is 35.2 Å². The minimum atomic E-state index is -0.638. The number of aliphatic hydroxyl groups is 1. The van der Waals surface area contributed by atoms with E-state index in [1.165, 1.54) is 17.0 Å². The van der Waals surface area contributed by atoms with Gasteiger partial charge in [0.05, 0.1) is 10.6 Å². The second-order valence-electron chi connectivity index (χ2n) is 5.66. The van der Waals surface area contributed by atoms with E-state index in [0.717, 1.165) is 25.7 Å². The second-order valence-corrected chi connectivity index (χ2v) is 6.07. The van der Waals surface area contributed by atoms with Crippen molar-refractivity contribution < 1.29 is 14.3 Å². The summed E-state index contributed by atoms with van der Waals surface area (Å²) in [5.41, 5.74) is -0.283.